The van der Waals surface area contributed by atoms with Gasteiger partial charge in [-0.1, -0.05) is 0 Å². The number of amides is 2. The van der Waals surface area contributed by atoms with E-state index in [-0.39, 0.29) is 24.9 Å². The van der Waals surface area contributed by atoms with Crippen molar-refractivity contribution in [2.75, 3.05) is 33.8 Å². The van der Waals surface area contributed by atoms with E-state index in [1.165, 1.54) is 0 Å². The molecule has 0 bridgehead atoms. The van der Waals surface area contributed by atoms with Gasteiger partial charge in [-0.3, -0.25) is 9.59 Å². The van der Waals surface area contributed by atoms with Crippen molar-refractivity contribution < 1.29 is 14.3 Å². The summed E-state index contributed by atoms with van der Waals surface area (Å²) in [6, 6.07) is 11.8. The first-order valence-electron chi connectivity index (χ1n) is 10.2. The average molecular weight is 417 g/mol. The molecule has 1 aromatic carbocycles. The number of H-pyrrole nitrogens is 1. The molecule has 1 aliphatic rings. The second-order valence-electron chi connectivity index (χ2n) is 7.81. The predicted molar refractivity (Wildman–Crippen MR) is 118 cm³/mol. The minimum atomic E-state index is -0.0703. The van der Waals surface area contributed by atoms with Gasteiger partial charge >= 0.3 is 0 Å². The maximum Gasteiger partial charge on any atom is 0.243 e. The quantitative estimate of drug-likeness (QED) is 0.553. The van der Waals surface area contributed by atoms with Crippen molar-refractivity contribution in [2.45, 2.75) is 6.54 Å². The van der Waals surface area contributed by atoms with Gasteiger partial charge in [0, 0.05) is 60.1 Å². The number of pyridine rings is 1. The van der Waals surface area contributed by atoms with Gasteiger partial charge in [0.05, 0.1) is 13.7 Å². The third kappa shape index (κ3) is 3.39. The molecule has 1 N–H and O–H groups in total. The van der Waals surface area contributed by atoms with Crippen molar-refractivity contribution in [3.63, 3.8) is 0 Å². The highest BCUT2D eigenvalue weighted by Gasteiger charge is 2.25. The van der Waals surface area contributed by atoms with E-state index in [0.717, 1.165) is 38.9 Å². The average Bonchev–Trinajstić information content (AvgIpc) is 3.36. The highest BCUT2D eigenvalue weighted by Crippen LogP contribution is 2.34. The van der Waals surface area contributed by atoms with Crippen LogP contribution in [0.3, 0.4) is 0 Å². The molecule has 3 aromatic heterocycles. The predicted octanol–water partition coefficient (Wildman–Crippen LogP) is 2.49. The third-order valence-electron chi connectivity index (χ3n) is 5.89. The number of likely N-dealkylation sites (N-methyl/N-ethyl adjacent to an activating group) is 1. The van der Waals surface area contributed by atoms with Crippen molar-refractivity contribution in [1.29, 1.82) is 0 Å². The number of carbonyl (C=O) groups excluding carboxylic acids is 2. The van der Waals surface area contributed by atoms with E-state index in [1.807, 2.05) is 41.1 Å². The van der Waals surface area contributed by atoms with Gasteiger partial charge < -0.3 is 24.1 Å². The van der Waals surface area contributed by atoms with Crippen molar-refractivity contribution in [2.24, 2.45) is 0 Å². The molecule has 8 nitrogen and oxygen atoms in total. The maximum absolute atomic E-state index is 13.0. The van der Waals surface area contributed by atoms with E-state index in [1.54, 1.807) is 30.2 Å². The summed E-state index contributed by atoms with van der Waals surface area (Å²) in [4.78, 5) is 36.0. The molecular weight excluding hydrogens is 394 g/mol. The standard InChI is InChI=1S/C23H23N5O3/c1-26-8-9-27(13-21(26)29)22(30)14-28-12-18(17-11-16(31-2)5-6-20(17)28)19-10-15-4-3-7-24-23(15)25-19/h3-7,10-12H,8-9,13-14H2,1-2H3,(H,24,25). The van der Waals surface area contributed by atoms with Gasteiger partial charge in [-0.15, -0.1) is 0 Å². The fourth-order valence-corrected chi connectivity index (χ4v) is 4.07. The van der Waals surface area contributed by atoms with Crippen molar-refractivity contribution in [3.05, 3.63) is 48.8 Å². The first-order valence-corrected chi connectivity index (χ1v) is 10.2. The summed E-state index contributed by atoms with van der Waals surface area (Å²) >= 11 is 0. The smallest absolute Gasteiger partial charge is 0.243 e. The Hall–Kier alpha value is -3.81. The molecule has 0 radical (unpaired) electrons. The Morgan fingerprint density at radius 2 is 2.10 bits per heavy atom. The summed E-state index contributed by atoms with van der Waals surface area (Å²) in [5.41, 5.74) is 3.63. The molecule has 4 aromatic rings. The molecule has 0 unspecified atom stereocenters. The van der Waals surface area contributed by atoms with Crippen LogP contribution in [0.1, 0.15) is 0 Å². The Bertz CT molecular complexity index is 1270. The van der Waals surface area contributed by atoms with Crippen LogP contribution >= 0.6 is 0 Å². The van der Waals surface area contributed by atoms with Crippen molar-refractivity contribution >= 4 is 33.8 Å². The number of rotatable bonds is 4. The number of hydrogen-bond acceptors (Lipinski definition) is 4. The van der Waals surface area contributed by atoms with Crippen LogP contribution in [0.25, 0.3) is 33.2 Å². The highest BCUT2D eigenvalue weighted by molar-refractivity contribution is 5.99. The fourth-order valence-electron chi connectivity index (χ4n) is 4.07. The van der Waals surface area contributed by atoms with E-state index < -0.39 is 0 Å². The lowest BCUT2D eigenvalue weighted by Crippen LogP contribution is -2.51. The maximum atomic E-state index is 13.0. The molecule has 8 heteroatoms. The summed E-state index contributed by atoms with van der Waals surface area (Å²) < 4.78 is 7.37. The second kappa shape index (κ2) is 7.46. The zero-order chi connectivity index (χ0) is 21.5. The summed E-state index contributed by atoms with van der Waals surface area (Å²) in [6.07, 6.45) is 3.73. The lowest BCUT2D eigenvalue weighted by molar-refractivity contribution is -0.144. The SMILES string of the molecule is COc1ccc2c(c1)c(-c1cc3cccnc3[nH]1)cn2CC(=O)N1CCN(C)C(=O)C1. The van der Waals surface area contributed by atoms with Gasteiger partial charge in [0.25, 0.3) is 0 Å². The summed E-state index contributed by atoms with van der Waals surface area (Å²) in [7, 11) is 3.40. The number of methoxy groups -OCH3 is 1. The summed E-state index contributed by atoms with van der Waals surface area (Å²) in [5, 5.41) is 2.00. The first-order chi connectivity index (χ1) is 15.0. The molecule has 2 amide bonds. The normalized spacial score (nSPS) is 14.6. The number of fused-ring (bicyclic) bond motifs is 2. The molecule has 5 rings (SSSR count). The molecule has 31 heavy (non-hydrogen) atoms. The molecule has 158 valence electrons. The molecule has 1 aliphatic heterocycles. The monoisotopic (exact) mass is 417 g/mol. The highest BCUT2D eigenvalue weighted by atomic mass is 16.5. The number of ether oxygens (including phenoxy) is 1. The topological polar surface area (TPSA) is 83.5 Å². The molecular formula is C23H23N5O3. The van der Waals surface area contributed by atoms with E-state index in [0.29, 0.717) is 13.1 Å². The van der Waals surface area contributed by atoms with Gasteiger partial charge in [0.2, 0.25) is 11.8 Å². The van der Waals surface area contributed by atoms with Gasteiger partial charge in [0.1, 0.15) is 17.9 Å². The molecule has 0 saturated carbocycles. The van der Waals surface area contributed by atoms with Crippen LogP contribution in [0.4, 0.5) is 0 Å². The largest absolute Gasteiger partial charge is 0.497 e. The number of nitrogens with one attached hydrogen (secondary N) is 1. The van der Waals surface area contributed by atoms with E-state index in [2.05, 4.69) is 16.0 Å². The van der Waals surface area contributed by atoms with E-state index in [4.69, 9.17) is 4.74 Å². The number of carbonyl (C=O) groups is 2. The first kappa shape index (κ1) is 19.2. The van der Waals surface area contributed by atoms with Gasteiger partial charge in [-0.25, -0.2) is 4.98 Å². The van der Waals surface area contributed by atoms with Crippen LogP contribution in [0.15, 0.2) is 48.8 Å². The van der Waals surface area contributed by atoms with E-state index >= 15 is 0 Å². The molecule has 0 atom stereocenters. The summed E-state index contributed by atoms with van der Waals surface area (Å²) in [6.45, 7) is 1.40. The van der Waals surface area contributed by atoms with Crippen LogP contribution < -0.4 is 4.74 Å². The Morgan fingerprint density at radius 1 is 1.23 bits per heavy atom. The number of benzene rings is 1. The molecule has 0 spiro atoms. The fraction of sp³-hybridized carbons (Fsp3) is 0.261. The number of nitrogens with zero attached hydrogens (tertiary/aromatic N) is 4. The van der Waals surface area contributed by atoms with Gasteiger partial charge in [0.15, 0.2) is 0 Å². The van der Waals surface area contributed by atoms with Crippen molar-refractivity contribution in [1.82, 2.24) is 24.3 Å². The minimum Gasteiger partial charge on any atom is -0.497 e. The van der Waals surface area contributed by atoms with E-state index in [9.17, 15) is 9.59 Å². The van der Waals surface area contributed by atoms with Crippen LogP contribution in [-0.2, 0) is 16.1 Å². The zero-order valence-corrected chi connectivity index (χ0v) is 17.5. The second-order valence-corrected chi connectivity index (χ2v) is 7.81. The van der Waals surface area contributed by atoms with Gasteiger partial charge in [-0.05, 0) is 36.4 Å². The Morgan fingerprint density at radius 3 is 2.87 bits per heavy atom. The number of aromatic nitrogens is 3. The molecule has 1 fully saturated rings. The molecule has 4 heterocycles. The lowest BCUT2D eigenvalue weighted by atomic mass is 10.1. The van der Waals surface area contributed by atoms with Crippen LogP contribution in [0, 0.1) is 0 Å². The zero-order valence-electron chi connectivity index (χ0n) is 17.5. The van der Waals surface area contributed by atoms with Crippen LogP contribution in [-0.4, -0.2) is 69.9 Å². The molecule has 1 saturated heterocycles. The Balaban J connectivity index is 1.54. The Labute approximate surface area is 179 Å². The van der Waals surface area contributed by atoms with Crippen LogP contribution in [0.5, 0.6) is 5.75 Å². The molecule has 0 aliphatic carbocycles. The minimum absolute atomic E-state index is 0.0343. The number of hydrogen-bond donors (Lipinski definition) is 1. The van der Waals surface area contributed by atoms with Gasteiger partial charge in [-0.2, -0.15) is 0 Å². The lowest BCUT2D eigenvalue weighted by Gasteiger charge is -2.32. The van der Waals surface area contributed by atoms with Crippen LogP contribution in [0.2, 0.25) is 0 Å². The number of aromatic amines is 1. The third-order valence-corrected chi connectivity index (χ3v) is 5.89. The van der Waals surface area contributed by atoms with Crippen molar-refractivity contribution in [3.8, 4) is 17.0 Å². The number of piperazine rings is 1. The Kier molecular flexibility index (Phi) is 4.62. The summed E-state index contributed by atoms with van der Waals surface area (Å²) in [5.74, 6) is 0.642.